The number of rotatable bonds is 4. The van der Waals surface area contributed by atoms with Crippen LogP contribution >= 0.6 is 0 Å². The molecule has 2 rings (SSSR count). The Morgan fingerprint density at radius 3 is 2.48 bits per heavy atom. The van der Waals surface area contributed by atoms with E-state index < -0.39 is 12.1 Å². The zero-order valence-corrected chi connectivity index (χ0v) is 11.9. The van der Waals surface area contributed by atoms with E-state index in [4.69, 9.17) is 4.74 Å². The van der Waals surface area contributed by atoms with Crippen molar-refractivity contribution in [3.05, 3.63) is 60.4 Å². The number of carbonyl (C=O) groups excluding carboxylic acids is 2. The molecule has 0 aliphatic carbocycles. The number of esters is 1. The summed E-state index contributed by atoms with van der Waals surface area (Å²) < 4.78 is 5.17. The minimum absolute atomic E-state index is 0.293. The Bertz CT molecular complexity index is 614. The van der Waals surface area contributed by atoms with Crippen molar-refractivity contribution in [2.45, 2.75) is 13.0 Å². The molecule has 21 heavy (non-hydrogen) atoms. The van der Waals surface area contributed by atoms with E-state index in [1.54, 1.807) is 32.3 Å². The van der Waals surface area contributed by atoms with Crippen LogP contribution in [0, 0.1) is 0 Å². The zero-order chi connectivity index (χ0) is 15.2. The van der Waals surface area contributed by atoms with Crippen LogP contribution in [-0.4, -0.2) is 30.0 Å². The molecule has 2 aromatic rings. The van der Waals surface area contributed by atoms with Gasteiger partial charge in [-0.25, -0.2) is 4.79 Å². The van der Waals surface area contributed by atoms with Gasteiger partial charge in [0, 0.05) is 25.1 Å². The van der Waals surface area contributed by atoms with Gasteiger partial charge in [-0.1, -0.05) is 18.2 Å². The summed E-state index contributed by atoms with van der Waals surface area (Å²) in [6, 6.07) is 12.4. The number of benzene rings is 1. The summed E-state index contributed by atoms with van der Waals surface area (Å²) in [4.78, 5) is 29.4. The molecule has 0 fully saturated rings. The van der Waals surface area contributed by atoms with Crippen molar-refractivity contribution in [3.63, 3.8) is 0 Å². The van der Waals surface area contributed by atoms with Crippen molar-refractivity contribution in [3.8, 4) is 0 Å². The van der Waals surface area contributed by atoms with Crippen LogP contribution < -0.4 is 4.90 Å². The van der Waals surface area contributed by atoms with Crippen LogP contribution in [0.15, 0.2) is 54.9 Å². The van der Waals surface area contributed by atoms with E-state index in [9.17, 15) is 9.59 Å². The Kier molecular flexibility index (Phi) is 4.66. The van der Waals surface area contributed by atoms with Crippen LogP contribution in [0.5, 0.6) is 0 Å². The molecule has 0 aliphatic heterocycles. The lowest BCUT2D eigenvalue weighted by molar-refractivity contribution is -0.126. The molecule has 108 valence electrons. The second-order valence-electron chi connectivity index (χ2n) is 4.52. The molecule has 0 radical (unpaired) electrons. The standard InChI is InChI=1S/C16H16N2O3/c1-12(21-16(20)13-7-6-10-17-11-13)15(19)18(2)14-8-4-3-5-9-14/h3-12H,1-2H3/t12-/m0/s1. The van der Waals surface area contributed by atoms with E-state index in [0.29, 0.717) is 5.56 Å². The SMILES string of the molecule is C[C@H](OC(=O)c1cccnc1)C(=O)N(C)c1ccccc1. The summed E-state index contributed by atoms with van der Waals surface area (Å²) in [5.41, 5.74) is 1.06. The predicted octanol–water partition coefficient (Wildman–Crippen LogP) is 2.29. The molecule has 1 atom stereocenters. The summed E-state index contributed by atoms with van der Waals surface area (Å²) in [6.45, 7) is 1.55. The number of likely N-dealkylation sites (N-methyl/N-ethyl adjacent to an activating group) is 1. The molecule has 1 amide bonds. The number of hydrogen-bond donors (Lipinski definition) is 0. The zero-order valence-electron chi connectivity index (χ0n) is 11.9. The van der Waals surface area contributed by atoms with Crippen molar-refractivity contribution in [1.82, 2.24) is 4.98 Å². The number of aromatic nitrogens is 1. The Labute approximate surface area is 123 Å². The van der Waals surface area contributed by atoms with Crippen molar-refractivity contribution in [2.75, 3.05) is 11.9 Å². The molecular formula is C16H16N2O3. The summed E-state index contributed by atoms with van der Waals surface area (Å²) in [7, 11) is 1.64. The quantitative estimate of drug-likeness (QED) is 0.808. The number of amides is 1. The van der Waals surface area contributed by atoms with E-state index in [0.717, 1.165) is 5.69 Å². The number of hydrogen-bond acceptors (Lipinski definition) is 4. The number of ether oxygens (including phenoxy) is 1. The molecule has 0 saturated heterocycles. The second-order valence-corrected chi connectivity index (χ2v) is 4.52. The first-order chi connectivity index (χ1) is 10.1. The second kappa shape index (κ2) is 6.65. The first-order valence-electron chi connectivity index (χ1n) is 6.53. The van der Waals surface area contributed by atoms with Gasteiger partial charge < -0.3 is 9.64 Å². The van der Waals surface area contributed by atoms with Crippen molar-refractivity contribution in [1.29, 1.82) is 0 Å². The monoisotopic (exact) mass is 284 g/mol. The average molecular weight is 284 g/mol. The number of nitrogens with zero attached hydrogens (tertiary/aromatic N) is 2. The minimum Gasteiger partial charge on any atom is -0.449 e. The molecule has 0 unspecified atom stereocenters. The molecule has 5 nitrogen and oxygen atoms in total. The van der Waals surface area contributed by atoms with Crippen LogP contribution in [0.25, 0.3) is 0 Å². The summed E-state index contributed by atoms with van der Waals surface area (Å²) >= 11 is 0. The van der Waals surface area contributed by atoms with Crippen LogP contribution in [0.1, 0.15) is 17.3 Å². The molecule has 0 spiro atoms. The Hall–Kier alpha value is -2.69. The Balaban J connectivity index is 2.01. The lowest BCUT2D eigenvalue weighted by atomic mass is 10.2. The van der Waals surface area contributed by atoms with Crippen molar-refractivity contribution < 1.29 is 14.3 Å². The largest absolute Gasteiger partial charge is 0.449 e. The third-order valence-electron chi connectivity index (χ3n) is 3.00. The normalized spacial score (nSPS) is 11.5. The maximum absolute atomic E-state index is 12.2. The summed E-state index contributed by atoms with van der Waals surface area (Å²) in [6.07, 6.45) is 2.09. The highest BCUT2D eigenvalue weighted by Gasteiger charge is 2.23. The van der Waals surface area contributed by atoms with E-state index >= 15 is 0 Å². The molecule has 5 heteroatoms. The number of anilines is 1. The van der Waals surface area contributed by atoms with Gasteiger partial charge in [0.05, 0.1) is 5.56 Å². The van der Waals surface area contributed by atoms with E-state index in [1.807, 2.05) is 30.3 Å². The highest BCUT2D eigenvalue weighted by Crippen LogP contribution is 2.13. The maximum Gasteiger partial charge on any atom is 0.340 e. The van der Waals surface area contributed by atoms with E-state index in [1.165, 1.54) is 11.1 Å². The maximum atomic E-state index is 12.2. The van der Waals surface area contributed by atoms with Gasteiger partial charge in [-0.05, 0) is 31.2 Å². The minimum atomic E-state index is -0.872. The molecule has 1 aromatic heterocycles. The Morgan fingerprint density at radius 1 is 1.14 bits per heavy atom. The highest BCUT2D eigenvalue weighted by molar-refractivity contribution is 5.98. The van der Waals surface area contributed by atoms with Gasteiger partial charge in [-0.15, -0.1) is 0 Å². The van der Waals surface area contributed by atoms with E-state index in [2.05, 4.69) is 4.98 Å². The molecular weight excluding hydrogens is 268 g/mol. The molecule has 0 N–H and O–H groups in total. The molecule has 0 saturated carbocycles. The third kappa shape index (κ3) is 3.66. The fraction of sp³-hybridized carbons (Fsp3) is 0.188. The van der Waals surface area contributed by atoms with Crippen LogP contribution in [0.3, 0.4) is 0 Å². The Morgan fingerprint density at radius 2 is 1.86 bits per heavy atom. The fourth-order valence-corrected chi connectivity index (χ4v) is 1.81. The van der Waals surface area contributed by atoms with Crippen LogP contribution in [0.4, 0.5) is 5.69 Å². The summed E-state index contributed by atoms with van der Waals surface area (Å²) in [5.74, 6) is -0.858. The first-order valence-corrected chi connectivity index (χ1v) is 6.53. The molecule has 0 aliphatic rings. The topological polar surface area (TPSA) is 59.5 Å². The van der Waals surface area contributed by atoms with Gasteiger partial charge in [0.1, 0.15) is 0 Å². The molecule has 1 heterocycles. The third-order valence-corrected chi connectivity index (χ3v) is 3.00. The van der Waals surface area contributed by atoms with Gasteiger partial charge >= 0.3 is 5.97 Å². The summed E-state index contributed by atoms with van der Waals surface area (Å²) in [5, 5.41) is 0. The first kappa shape index (κ1) is 14.7. The van der Waals surface area contributed by atoms with Gasteiger partial charge in [-0.2, -0.15) is 0 Å². The lowest BCUT2D eigenvalue weighted by Gasteiger charge is -2.21. The predicted molar refractivity (Wildman–Crippen MR) is 79.0 cm³/mol. The molecule has 1 aromatic carbocycles. The van der Waals surface area contributed by atoms with Crippen LogP contribution in [0.2, 0.25) is 0 Å². The number of pyridine rings is 1. The number of carbonyl (C=O) groups is 2. The van der Waals surface area contributed by atoms with Crippen LogP contribution in [-0.2, 0) is 9.53 Å². The van der Waals surface area contributed by atoms with Gasteiger partial charge in [0.2, 0.25) is 0 Å². The van der Waals surface area contributed by atoms with Gasteiger partial charge in [0.25, 0.3) is 5.91 Å². The smallest absolute Gasteiger partial charge is 0.340 e. The molecule has 0 bridgehead atoms. The van der Waals surface area contributed by atoms with Gasteiger partial charge in [0.15, 0.2) is 6.10 Å². The van der Waals surface area contributed by atoms with Crippen molar-refractivity contribution >= 4 is 17.6 Å². The lowest BCUT2D eigenvalue weighted by Crippen LogP contribution is -2.37. The van der Waals surface area contributed by atoms with Gasteiger partial charge in [-0.3, -0.25) is 9.78 Å². The van der Waals surface area contributed by atoms with Crippen molar-refractivity contribution in [2.24, 2.45) is 0 Å². The fourth-order valence-electron chi connectivity index (χ4n) is 1.81. The van der Waals surface area contributed by atoms with E-state index in [-0.39, 0.29) is 5.91 Å². The highest BCUT2D eigenvalue weighted by atomic mass is 16.5. The number of para-hydroxylation sites is 1. The average Bonchev–Trinajstić information content (AvgIpc) is 2.55.